The molecule has 0 saturated carbocycles. The van der Waals surface area contributed by atoms with Crippen LogP contribution in [-0.4, -0.2) is 22.2 Å². The highest BCUT2D eigenvalue weighted by Crippen LogP contribution is 2.29. The minimum atomic E-state index is -1.56. The van der Waals surface area contributed by atoms with Crippen LogP contribution in [0.2, 0.25) is 0 Å². The quantitative estimate of drug-likeness (QED) is 0.475. The van der Waals surface area contributed by atoms with E-state index in [4.69, 9.17) is 10.7 Å². The van der Waals surface area contributed by atoms with Crippen LogP contribution < -0.4 is 21.7 Å². The van der Waals surface area contributed by atoms with Crippen LogP contribution >= 0.6 is 0 Å². The lowest BCUT2D eigenvalue weighted by atomic mass is 10.00. The molecule has 0 fully saturated rings. The Hall–Kier alpha value is -3.56. The normalized spacial score (nSPS) is 19.8. The number of benzene rings is 2. The molecule has 2 aromatic carbocycles. The third-order valence-corrected chi connectivity index (χ3v) is 6.08. The van der Waals surface area contributed by atoms with Gasteiger partial charge in [-0.25, -0.2) is 13.8 Å². The lowest BCUT2D eigenvalue weighted by Gasteiger charge is -2.32. The first-order valence-electron chi connectivity index (χ1n) is 11.3. The van der Waals surface area contributed by atoms with Gasteiger partial charge in [0.2, 0.25) is 5.79 Å². The number of halogens is 2. The molecule has 0 bridgehead atoms. The lowest BCUT2D eigenvalue weighted by molar-refractivity contribution is 0.405. The maximum absolute atomic E-state index is 14.0. The van der Waals surface area contributed by atoms with Crippen molar-refractivity contribution in [1.82, 2.24) is 20.4 Å². The van der Waals surface area contributed by atoms with Crippen LogP contribution in [-0.2, 0) is 18.8 Å². The van der Waals surface area contributed by atoms with E-state index in [-0.39, 0.29) is 11.6 Å². The summed E-state index contributed by atoms with van der Waals surface area (Å²) in [6.45, 7) is 5.85. The monoisotopic (exact) mass is 463 g/mol. The van der Waals surface area contributed by atoms with Crippen LogP contribution in [0.5, 0.6) is 0 Å². The largest absolute Gasteiger partial charge is 0.351 e. The summed E-state index contributed by atoms with van der Waals surface area (Å²) in [6, 6.07) is 9.55. The highest BCUT2D eigenvalue weighted by Gasteiger charge is 2.32. The van der Waals surface area contributed by atoms with Crippen molar-refractivity contribution in [2.24, 2.45) is 10.7 Å². The average molecular weight is 464 g/mol. The molecule has 34 heavy (non-hydrogen) atoms. The van der Waals surface area contributed by atoms with Gasteiger partial charge in [-0.15, -0.1) is 0 Å². The molecule has 3 aromatic rings. The van der Waals surface area contributed by atoms with Crippen molar-refractivity contribution in [2.75, 3.05) is 11.9 Å². The first-order valence-corrected chi connectivity index (χ1v) is 11.3. The number of nitrogens with two attached hydrogens (primary N) is 1. The van der Waals surface area contributed by atoms with Crippen LogP contribution in [0, 0.1) is 11.6 Å². The van der Waals surface area contributed by atoms with Crippen molar-refractivity contribution in [3.05, 3.63) is 88.9 Å². The first-order chi connectivity index (χ1) is 16.3. The van der Waals surface area contributed by atoms with Crippen molar-refractivity contribution in [3.8, 4) is 0 Å². The Labute approximate surface area is 196 Å². The Balaban J connectivity index is 1.55. The van der Waals surface area contributed by atoms with E-state index in [1.165, 1.54) is 23.3 Å². The van der Waals surface area contributed by atoms with Gasteiger partial charge in [0.05, 0.1) is 6.20 Å². The third kappa shape index (κ3) is 4.32. The number of hydrogen-bond acceptors (Lipinski definition) is 6. The Morgan fingerprint density at radius 1 is 1.12 bits per heavy atom. The average Bonchev–Trinajstić information content (AvgIpc) is 3.29. The zero-order valence-corrected chi connectivity index (χ0v) is 19.1. The van der Waals surface area contributed by atoms with Crippen molar-refractivity contribution in [1.29, 1.82) is 0 Å². The number of aliphatic imine (C=N–C) groups is 1. The van der Waals surface area contributed by atoms with Gasteiger partial charge >= 0.3 is 0 Å². The van der Waals surface area contributed by atoms with Gasteiger partial charge in [0.25, 0.3) is 0 Å². The molecule has 9 heteroatoms. The number of aromatic nitrogens is 2. The van der Waals surface area contributed by atoms with Gasteiger partial charge in [0, 0.05) is 53.4 Å². The number of fused-ring (bicyclic) bond motifs is 1. The van der Waals surface area contributed by atoms with E-state index in [0.29, 0.717) is 5.84 Å². The van der Waals surface area contributed by atoms with E-state index in [1.807, 2.05) is 30.8 Å². The van der Waals surface area contributed by atoms with Gasteiger partial charge in [-0.2, -0.15) is 5.10 Å². The van der Waals surface area contributed by atoms with Crippen LogP contribution in [0.3, 0.4) is 0 Å². The highest BCUT2D eigenvalue weighted by molar-refractivity contribution is 6.28. The van der Waals surface area contributed by atoms with Crippen molar-refractivity contribution in [2.45, 2.75) is 38.6 Å². The van der Waals surface area contributed by atoms with Gasteiger partial charge in [-0.3, -0.25) is 10.4 Å². The van der Waals surface area contributed by atoms with E-state index < -0.39 is 17.4 Å². The molecule has 0 radical (unpaired) electrons. The molecule has 3 heterocycles. The summed E-state index contributed by atoms with van der Waals surface area (Å²) in [5.74, 6) is -2.53. The number of amidine groups is 1. The number of nitrogens with one attached hydrogen (secondary N) is 3. The topological polar surface area (TPSA) is 92.3 Å². The third-order valence-electron chi connectivity index (χ3n) is 6.08. The molecule has 2 aliphatic heterocycles. The summed E-state index contributed by atoms with van der Waals surface area (Å²) in [4.78, 5) is 4.70. The standard InChI is InChI=1S/C25H27F2N7/c1-15(2)34-14-18(12-31-34)23-13-30-25(28,19-8-20(26)10-21(27)9-19)33-24(23)32-22-4-3-16-5-6-29-11-17(16)7-22/h3-4,7-10,12-15,29-30H,5-6,11,28H2,1-2H3,(H,32,33). The molecule has 7 nitrogen and oxygen atoms in total. The van der Waals surface area contributed by atoms with Gasteiger partial charge in [-0.1, -0.05) is 6.07 Å². The number of anilines is 1. The summed E-state index contributed by atoms with van der Waals surface area (Å²) in [6.07, 6.45) is 6.38. The molecule has 0 amide bonds. The molecular formula is C25H27F2N7. The lowest BCUT2D eigenvalue weighted by Crippen LogP contribution is -2.50. The Bertz CT molecular complexity index is 1270. The molecule has 5 rings (SSSR count). The van der Waals surface area contributed by atoms with Crippen LogP contribution in [0.15, 0.2) is 60.0 Å². The smallest absolute Gasteiger partial charge is 0.211 e. The van der Waals surface area contributed by atoms with E-state index in [9.17, 15) is 8.78 Å². The van der Waals surface area contributed by atoms with Crippen molar-refractivity contribution < 1.29 is 8.78 Å². The van der Waals surface area contributed by atoms with Gasteiger partial charge in [0.15, 0.2) is 0 Å². The Morgan fingerprint density at radius 3 is 2.65 bits per heavy atom. The molecule has 0 spiro atoms. The molecule has 1 unspecified atom stereocenters. The zero-order valence-electron chi connectivity index (χ0n) is 19.1. The Morgan fingerprint density at radius 2 is 1.91 bits per heavy atom. The van der Waals surface area contributed by atoms with E-state index in [1.54, 1.807) is 12.4 Å². The maximum atomic E-state index is 14.0. The SMILES string of the molecule is CC(C)n1cc(C2=CNC(N)(c3cc(F)cc(F)c3)N=C2Nc2ccc3c(c2)CNCC3)cn1. The molecular weight excluding hydrogens is 436 g/mol. The van der Waals surface area contributed by atoms with E-state index in [0.717, 1.165) is 42.4 Å². The number of hydrogen-bond donors (Lipinski definition) is 4. The summed E-state index contributed by atoms with van der Waals surface area (Å²) in [5, 5.41) is 14.2. The molecule has 0 saturated heterocycles. The van der Waals surface area contributed by atoms with Gasteiger partial charge < -0.3 is 16.0 Å². The fourth-order valence-corrected chi connectivity index (χ4v) is 4.21. The minimum Gasteiger partial charge on any atom is -0.351 e. The highest BCUT2D eigenvalue weighted by atomic mass is 19.1. The molecule has 5 N–H and O–H groups in total. The Kier molecular flexibility index (Phi) is 5.66. The van der Waals surface area contributed by atoms with Crippen molar-refractivity contribution in [3.63, 3.8) is 0 Å². The molecule has 0 aliphatic carbocycles. The molecule has 2 aliphatic rings. The second-order valence-electron chi connectivity index (χ2n) is 8.93. The summed E-state index contributed by atoms with van der Waals surface area (Å²) < 4.78 is 29.8. The predicted molar refractivity (Wildman–Crippen MR) is 129 cm³/mol. The van der Waals surface area contributed by atoms with Crippen molar-refractivity contribution >= 4 is 17.1 Å². The molecule has 1 atom stereocenters. The minimum absolute atomic E-state index is 0.173. The predicted octanol–water partition coefficient (Wildman–Crippen LogP) is 3.61. The second kappa shape index (κ2) is 8.66. The van der Waals surface area contributed by atoms with E-state index in [2.05, 4.69) is 33.2 Å². The summed E-state index contributed by atoms with van der Waals surface area (Å²) >= 11 is 0. The van der Waals surface area contributed by atoms with Crippen LogP contribution in [0.25, 0.3) is 5.57 Å². The van der Waals surface area contributed by atoms with Gasteiger partial charge in [-0.05, 0) is 62.2 Å². The fraction of sp³-hybridized carbons (Fsp3) is 0.280. The maximum Gasteiger partial charge on any atom is 0.211 e. The van der Waals surface area contributed by atoms with Gasteiger partial charge in [0.1, 0.15) is 17.5 Å². The molecule has 176 valence electrons. The first kappa shape index (κ1) is 22.2. The summed E-state index contributed by atoms with van der Waals surface area (Å²) in [7, 11) is 0. The zero-order chi connectivity index (χ0) is 23.9. The second-order valence-corrected chi connectivity index (χ2v) is 8.93. The summed E-state index contributed by atoms with van der Waals surface area (Å²) in [5.41, 5.74) is 11.6. The van der Waals surface area contributed by atoms with E-state index >= 15 is 0 Å². The molecule has 1 aromatic heterocycles. The fourth-order valence-electron chi connectivity index (χ4n) is 4.21. The van der Waals surface area contributed by atoms with Crippen LogP contribution in [0.1, 0.15) is 42.1 Å². The number of rotatable bonds is 4. The number of nitrogens with zero attached hydrogens (tertiary/aromatic N) is 3. The van der Waals surface area contributed by atoms with Crippen LogP contribution in [0.4, 0.5) is 14.5 Å².